The highest BCUT2D eigenvalue weighted by Crippen LogP contribution is 2.44. The summed E-state index contributed by atoms with van der Waals surface area (Å²) < 4.78 is 10.5. The molecule has 0 aromatic heterocycles. The molecular formula is C50H49N3O6. The Labute approximate surface area is 345 Å². The molecule has 6 aromatic rings. The number of amides is 2. The van der Waals surface area contributed by atoms with Crippen LogP contribution in [0.4, 0.5) is 10.5 Å². The molecule has 2 amide bonds. The number of aliphatic hydroxyl groups is 1. The predicted molar refractivity (Wildman–Crippen MR) is 230 cm³/mol. The van der Waals surface area contributed by atoms with Crippen molar-refractivity contribution in [2.24, 2.45) is 0 Å². The highest BCUT2D eigenvalue weighted by molar-refractivity contribution is 5.96. The second-order valence-electron chi connectivity index (χ2n) is 14.8. The SMILES string of the molecule is COC(=O)C(O)c1ccc(NC(=O)[C@H](CCCCNC(c2ccccc2)(c2ccccc2)c2ccc(C)cc2)NC(=O)OCC2c3ccccc3-c3ccccc32)cc1. The van der Waals surface area contributed by atoms with Crippen molar-refractivity contribution in [2.45, 2.75) is 49.8 Å². The first-order chi connectivity index (χ1) is 28.8. The average molecular weight is 788 g/mol. The molecule has 0 saturated carbocycles. The Balaban J connectivity index is 1.06. The van der Waals surface area contributed by atoms with Gasteiger partial charge in [-0.25, -0.2) is 9.59 Å². The Morgan fingerprint density at radius 1 is 0.678 bits per heavy atom. The molecule has 0 fully saturated rings. The van der Waals surface area contributed by atoms with Crippen molar-refractivity contribution in [1.29, 1.82) is 0 Å². The summed E-state index contributed by atoms with van der Waals surface area (Å²) in [7, 11) is 1.20. The lowest BCUT2D eigenvalue weighted by Gasteiger charge is -2.37. The third-order valence-corrected chi connectivity index (χ3v) is 11.1. The van der Waals surface area contributed by atoms with E-state index in [2.05, 4.69) is 125 Å². The number of fused-ring (bicyclic) bond motifs is 3. The monoisotopic (exact) mass is 787 g/mol. The molecule has 7 rings (SSSR count). The van der Waals surface area contributed by atoms with E-state index < -0.39 is 35.7 Å². The molecule has 300 valence electrons. The van der Waals surface area contributed by atoms with Gasteiger partial charge in [0.1, 0.15) is 12.6 Å². The molecule has 1 unspecified atom stereocenters. The quantitative estimate of drug-likeness (QED) is 0.0439. The molecule has 0 heterocycles. The number of alkyl carbamates (subject to hydrolysis) is 1. The number of benzene rings is 6. The van der Waals surface area contributed by atoms with Crippen molar-refractivity contribution in [1.82, 2.24) is 10.6 Å². The van der Waals surface area contributed by atoms with E-state index in [9.17, 15) is 19.5 Å². The maximum Gasteiger partial charge on any atom is 0.407 e. The van der Waals surface area contributed by atoms with Crippen LogP contribution >= 0.6 is 0 Å². The van der Waals surface area contributed by atoms with Crippen LogP contribution < -0.4 is 16.0 Å². The molecule has 0 spiro atoms. The van der Waals surface area contributed by atoms with Gasteiger partial charge in [0.25, 0.3) is 0 Å². The third kappa shape index (κ3) is 9.12. The molecule has 1 aliphatic carbocycles. The molecule has 0 saturated heterocycles. The molecule has 0 bridgehead atoms. The minimum Gasteiger partial charge on any atom is -0.467 e. The lowest BCUT2D eigenvalue weighted by Crippen LogP contribution is -2.45. The number of carbonyl (C=O) groups is 3. The number of methoxy groups -OCH3 is 1. The summed E-state index contributed by atoms with van der Waals surface area (Å²) >= 11 is 0. The summed E-state index contributed by atoms with van der Waals surface area (Å²) in [6.45, 7) is 2.81. The molecular weight excluding hydrogens is 739 g/mol. The average Bonchev–Trinajstić information content (AvgIpc) is 3.60. The lowest BCUT2D eigenvalue weighted by atomic mass is 9.76. The van der Waals surface area contributed by atoms with Crippen LogP contribution in [-0.4, -0.2) is 49.4 Å². The second kappa shape index (κ2) is 18.8. The molecule has 2 atom stereocenters. The smallest absolute Gasteiger partial charge is 0.407 e. The highest BCUT2D eigenvalue weighted by atomic mass is 16.5. The number of anilines is 1. The van der Waals surface area contributed by atoms with Crippen LogP contribution in [0.25, 0.3) is 11.1 Å². The number of rotatable bonds is 16. The number of esters is 1. The molecule has 4 N–H and O–H groups in total. The van der Waals surface area contributed by atoms with Gasteiger partial charge in [0.2, 0.25) is 5.91 Å². The molecule has 0 aliphatic heterocycles. The predicted octanol–water partition coefficient (Wildman–Crippen LogP) is 8.80. The normalized spacial score (nSPS) is 13.1. The van der Waals surface area contributed by atoms with Crippen molar-refractivity contribution in [3.63, 3.8) is 0 Å². The van der Waals surface area contributed by atoms with Gasteiger partial charge in [-0.2, -0.15) is 0 Å². The maximum atomic E-state index is 13.9. The second-order valence-corrected chi connectivity index (χ2v) is 14.8. The van der Waals surface area contributed by atoms with Crippen molar-refractivity contribution in [3.8, 4) is 11.1 Å². The van der Waals surface area contributed by atoms with E-state index >= 15 is 0 Å². The fraction of sp³-hybridized carbons (Fsp3) is 0.220. The summed E-state index contributed by atoms with van der Waals surface area (Å²) in [5, 5.41) is 19.9. The van der Waals surface area contributed by atoms with E-state index in [1.165, 1.54) is 24.8 Å². The summed E-state index contributed by atoms with van der Waals surface area (Å²) in [6, 6.07) is 51.0. The number of unbranched alkanes of at least 4 members (excludes halogenated alkanes) is 1. The first kappa shape index (κ1) is 40.6. The van der Waals surface area contributed by atoms with Gasteiger partial charge in [0, 0.05) is 11.6 Å². The Morgan fingerprint density at radius 2 is 1.22 bits per heavy atom. The summed E-state index contributed by atoms with van der Waals surface area (Å²) in [5.41, 5.74) is 9.05. The molecule has 9 nitrogen and oxygen atoms in total. The van der Waals surface area contributed by atoms with Crippen LogP contribution in [-0.2, 0) is 24.6 Å². The molecule has 0 radical (unpaired) electrons. The standard InChI is InChI=1S/C50H49N3O6/c1-34-24-28-38(29-25-34)50(36-15-5-3-6-16-36,37-17-7-4-8-18-37)51-32-14-13-23-45(47(55)52-39-30-26-35(27-31-39)46(54)48(56)58-2)53-49(57)59-33-44-42-21-11-9-19-40(42)41-20-10-12-22-43(41)44/h3-12,15-22,24-31,44-46,51,54H,13-14,23,32-33H2,1-2H3,(H,52,55)(H,53,57)/t45-,46?/m0/s1. The van der Waals surface area contributed by atoms with Gasteiger partial charge in [-0.05, 0) is 89.4 Å². The fourth-order valence-corrected chi connectivity index (χ4v) is 8.01. The van der Waals surface area contributed by atoms with Crippen molar-refractivity contribution in [2.75, 3.05) is 25.6 Å². The van der Waals surface area contributed by atoms with Crippen LogP contribution in [0.15, 0.2) is 158 Å². The van der Waals surface area contributed by atoms with E-state index in [4.69, 9.17) is 4.74 Å². The summed E-state index contributed by atoms with van der Waals surface area (Å²) in [5.74, 6) is -1.34. The van der Waals surface area contributed by atoms with Crippen molar-refractivity contribution in [3.05, 3.63) is 197 Å². The molecule has 59 heavy (non-hydrogen) atoms. The number of hydrogen-bond donors (Lipinski definition) is 4. The van der Waals surface area contributed by atoms with E-state index in [-0.39, 0.29) is 12.5 Å². The number of aryl methyl sites for hydroxylation is 1. The zero-order valence-electron chi connectivity index (χ0n) is 33.3. The van der Waals surface area contributed by atoms with Crippen molar-refractivity contribution < 1.29 is 29.0 Å². The zero-order valence-corrected chi connectivity index (χ0v) is 33.3. The molecule has 1 aliphatic rings. The fourth-order valence-electron chi connectivity index (χ4n) is 8.01. The lowest BCUT2D eigenvalue weighted by molar-refractivity contribution is -0.150. The Morgan fingerprint density at radius 3 is 1.80 bits per heavy atom. The van der Waals surface area contributed by atoms with E-state index in [0.29, 0.717) is 37.1 Å². The van der Waals surface area contributed by atoms with Gasteiger partial charge in [0.15, 0.2) is 6.10 Å². The number of carbonyl (C=O) groups excluding carboxylic acids is 3. The van der Waals surface area contributed by atoms with Gasteiger partial charge >= 0.3 is 12.1 Å². The van der Waals surface area contributed by atoms with Crippen LogP contribution in [0.3, 0.4) is 0 Å². The first-order valence-electron chi connectivity index (χ1n) is 20.0. The maximum absolute atomic E-state index is 13.9. The first-order valence-corrected chi connectivity index (χ1v) is 20.0. The van der Waals surface area contributed by atoms with E-state index in [1.54, 1.807) is 12.1 Å². The Bertz CT molecular complexity index is 2260. The van der Waals surface area contributed by atoms with Crippen LogP contribution in [0.1, 0.15) is 70.2 Å². The van der Waals surface area contributed by atoms with E-state index in [0.717, 1.165) is 38.9 Å². The zero-order chi connectivity index (χ0) is 41.2. The molecule has 9 heteroatoms. The number of ether oxygens (including phenoxy) is 2. The van der Waals surface area contributed by atoms with Gasteiger partial charge < -0.3 is 25.2 Å². The van der Waals surface area contributed by atoms with Gasteiger partial charge in [-0.15, -0.1) is 0 Å². The van der Waals surface area contributed by atoms with Crippen LogP contribution in [0.2, 0.25) is 0 Å². The summed E-state index contributed by atoms with van der Waals surface area (Å²) in [4.78, 5) is 39.3. The minimum absolute atomic E-state index is 0.113. The van der Waals surface area contributed by atoms with Crippen molar-refractivity contribution >= 4 is 23.7 Å². The van der Waals surface area contributed by atoms with Gasteiger partial charge in [-0.3, -0.25) is 10.1 Å². The van der Waals surface area contributed by atoms with Crippen LogP contribution in [0, 0.1) is 6.92 Å². The Hall–Kier alpha value is -6.55. The largest absolute Gasteiger partial charge is 0.467 e. The topological polar surface area (TPSA) is 126 Å². The Kier molecular flexibility index (Phi) is 13.0. The number of aliphatic hydroxyl groups excluding tert-OH is 1. The summed E-state index contributed by atoms with van der Waals surface area (Å²) in [6.07, 6.45) is -0.496. The highest BCUT2D eigenvalue weighted by Gasteiger charge is 2.36. The minimum atomic E-state index is -1.45. The van der Waals surface area contributed by atoms with Gasteiger partial charge in [0.05, 0.1) is 12.6 Å². The van der Waals surface area contributed by atoms with Gasteiger partial charge in [-0.1, -0.05) is 151 Å². The molecule has 6 aromatic carbocycles. The number of nitrogens with one attached hydrogen (secondary N) is 3. The van der Waals surface area contributed by atoms with Crippen LogP contribution in [0.5, 0.6) is 0 Å². The third-order valence-electron chi connectivity index (χ3n) is 11.1. The van der Waals surface area contributed by atoms with E-state index in [1.807, 2.05) is 36.4 Å². The number of hydrogen-bond acceptors (Lipinski definition) is 7.